The summed E-state index contributed by atoms with van der Waals surface area (Å²) < 4.78 is 33.1. The van der Waals surface area contributed by atoms with E-state index < -0.39 is 10.0 Å². The minimum atomic E-state index is -3.77. The Bertz CT molecular complexity index is 1050. The molecule has 0 bridgehead atoms. The fourth-order valence-corrected chi connectivity index (χ4v) is 5.05. The summed E-state index contributed by atoms with van der Waals surface area (Å²) in [7, 11) is -1.76. The maximum atomic E-state index is 13.1. The second-order valence-corrected chi connectivity index (χ2v) is 8.28. The molecule has 0 unspecified atom stereocenters. The topological polar surface area (TPSA) is 51.5 Å². The largest absolute Gasteiger partial charge is 0.492 e. The van der Waals surface area contributed by atoms with E-state index in [1.807, 2.05) is 13.1 Å². The zero-order valence-electron chi connectivity index (χ0n) is 13.6. The number of hydrogen-bond donors (Lipinski definition) is 0. The third-order valence-corrected chi connectivity index (χ3v) is 6.53. The van der Waals surface area contributed by atoms with Gasteiger partial charge < -0.3 is 4.74 Å². The van der Waals surface area contributed by atoms with Crippen molar-refractivity contribution >= 4 is 32.5 Å². The van der Waals surface area contributed by atoms with Crippen LogP contribution >= 0.6 is 11.6 Å². The van der Waals surface area contributed by atoms with Gasteiger partial charge in [-0.15, -0.1) is 0 Å². The van der Waals surface area contributed by atoms with Crippen LogP contribution in [0.15, 0.2) is 53.4 Å². The quantitative estimate of drug-likeness (QED) is 0.688. The molecule has 1 aliphatic heterocycles. The second kappa shape index (κ2) is 6.05. The Morgan fingerprint density at radius 3 is 2.64 bits per heavy atom. The van der Waals surface area contributed by atoms with Gasteiger partial charge in [0, 0.05) is 24.0 Å². The van der Waals surface area contributed by atoms with Crippen molar-refractivity contribution in [2.24, 2.45) is 0 Å². The molecule has 0 fully saturated rings. The van der Waals surface area contributed by atoms with Crippen molar-refractivity contribution in [2.45, 2.75) is 11.4 Å². The minimum Gasteiger partial charge on any atom is -0.492 e. The Morgan fingerprint density at radius 1 is 1.12 bits per heavy atom. The van der Waals surface area contributed by atoms with Gasteiger partial charge in [-0.05, 0) is 37.4 Å². The van der Waals surface area contributed by atoms with Crippen molar-refractivity contribution < 1.29 is 13.2 Å². The summed E-state index contributed by atoms with van der Waals surface area (Å²) in [5, 5.41) is 0.968. The Balaban J connectivity index is 1.97. The maximum absolute atomic E-state index is 13.1. The molecule has 0 spiro atoms. The maximum Gasteiger partial charge on any atom is 0.269 e. The molecule has 3 aromatic rings. The summed E-state index contributed by atoms with van der Waals surface area (Å²) in [4.78, 5) is 2.35. The minimum absolute atomic E-state index is 0.166. The number of aromatic nitrogens is 1. The molecule has 2 heterocycles. The van der Waals surface area contributed by atoms with E-state index in [-0.39, 0.29) is 10.0 Å². The molecule has 0 amide bonds. The summed E-state index contributed by atoms with van der Waals surface area (Å²) in [5.74, 6) is 0.780. The van der Waals surface area contributed by atoms with Gasteiger partial charge in [0.15, 0.2) is 0 Å². The van der Waals surface area contributed by atoms with E-state index >= 15 is 0 Å². The molecular formula is C18H17ClN2O3S. The summed E-state index contributed by atoms with van der Waals surface area (Å²) >= 11 is 6.35. The summed E-state index contributed by atoms with van der Waals surface area (Å²) in [6, 6.07) is 13.6. The lowest BCUT2D eigenvalue weighted by Gasteiger charge is -2.13. The van der Waals surface area contributed by atoms with Crippen molar-refractivity contribution in [3.05, 3.63) is 59.2 Å². The van der Waals surface area contributed by atoms with Crippen LogP contribution in [0.4, 0.5) is 0 Å². The van der Waals surface area contributed by atoms with Crippen LogP contribution < -0.4 is 4.74 Å². The van der Waals surface area contributed by atoms with E-state index in [0.29, 0.717) is 18.7 Å². The molecule has 5 nitrogen and oxygen atoms in total. The first-order valence-electron chi connectivity index (χ1n) is 7.93. The van der Waals surface area contributed by atoms with Crippen molar-refractivity contribution in [3.63, 3.8) is 0 Å². The first-order valence-corrected chi connectivity index (χ1v) is 9.75. The molecular weight excluding hydrogens is 360 g/mol. The van der Waals surface area contributed by atoms with Crippen LogP contribution in [0.3, 0.4) is 0 Å². The normalized spacial score (nSPS) is 15.6. The summed E-state index contributed by atoms with van der Waals surface area (Å²) in [6.45, 7) is 2.09. The molecule has 0 N–H and O–H groups in total. The van der Waals surface area contributed by atoms with Gasteiger partial charge in [-0.25, -0.2) is 12.4 Å². The molecule has 7 heteroatoms. The highest BCUT2D eigenvalue weighted by atomic mass is 35.5. The second-order valence-electron chi connectivity index (χ2n) is 6.11. The standard InChI is InChI=1S/C18H17ClN2O3S/c1-20-9-10-24-17-8-7-16-14(15(17)12-20)11-18(19)21(16)25(22,23)13-5-3-2-4-6-13/h2-8,11H,9-10,12H2,1H3. The number of likely N-dealkylation sites (N-methyl/N-ethyl adjacent to an activating group) is 1. The van der Waals surface area contributed by atoms with Gasteiger partial charge in [-0.2, -0.15) is 0 Å². The predicted molar refractivity (Wildman–Crippen MR) is 97.8 cm³/mol. The fraction of sp³-hybridized carbons (Fsp3) is 0.222. The lowest BCUT2D eigenvalue weighted by atomic mass is 10.1. The van der Waals surface area contributed by atoms with Crippen LogP contribution in [0.25, 0.3) is 10.9 Å². The zero-order valence-corrected chi connectivity index (χ0v) is 15.2. The molecule has 1 aromatic heterocycles. The summed E-state index contributed by atoms with van der Waals surface area (Å²) in [5.41, 5.74) is 1.52. The van der Waals surface area contributed by atoms with Gasteiger partial charge in [0.1, 0.15) is 17.5 Å². The number of rotatable bonds is 2. The van der Waals surface area contributed by atoms with E-state index in [9.17, 15) is 8.42 Å². The van der Waals surface area contributed by atoms with Crippen LogP contribution in [-0.2, 0) is 16.6 Å². The Morgan fingerprint density at radius 2 is 1.88 bits per heavy atom. The van der Waals surface area contributed by atoms with Crippen LogP contribution in [0.1, 0.15) is 5.56 Å². The Kier molecular flexibility index (Phi) is 3.98. The Labute approximate surface area is 151 Å². The number of halogens is 1. The summed E-state index contributed by atoms with van der Waals surface area (Å²) in [6.07, 6.45) is 0. The smallest absolute Gasteiger partial charge is 0.269 e. The molecule has 0 saturated heterocycles. The van der Waals surface area contributed by atoms with Crippen LogP contribution in [0.2, 0.25) is 5.15 Å². The number of hydrogen-bond acceptors (Lipinski definition) is 4. The molecule has 2 aromatic carbocycles. The van der Waals surface area contributed by atoms with Crippen molar-refractivity contribution in [3.8, 4) is 5.75 Å². The van der Waals surface area contributed by atoms with E-state index in [2.05, 4.69) is 4.90 Å². The number of fused-ring (bicyclic) bond motifs is 3. The molecule has 25 heavy (non-hydrogen) atoms. The predicted octanol–water partition coefficient (Wildman–Crippen LogP) is 3.36. The van der Waals surface area contributed by atoms with E-state index in [4.69, 9.17) is 16.3 Å². The Hall–Kier alpha value is -2.02. The molecule has 4 rings (SSSR count). The average Bonchev–Trinajstić information content (AvgIpc) is 2.82. The molecule has 0 saturated carbocycles. The molecule has 0 aliphatic carbocycles. The monoisotopic (exact) mass is 376 g/mol. The highest BCUT2D eigenvalue weighted by Crippen LogP contribution is 2.36. The van der Waals surface area contributed by atoms with Gasteiger partial charge in [-0.1, -0.05) is 29.8 Å². The molecule has 0 atom stereocenters. The first kappa shape index (κ1) is 16.4. The SMILES string of the molecule is CN1CCOc2ccc3c(cc(Cl)n3S(=O)(=O)c3ccccc3)c2C1. The van der Waals surface area contributed by atoms with Gasteiger partial charge in [0.2, 0.25) is 0 Å². The van der Waals surface area contributed by atoms with Crippen molar-refractivity contribution in [1.82, 2.24) is 8.87 Å². The molecule has 130 valence electrons. The molecule has 1 aliphatic rings. The van der Waals surface area contributed by atoms with Gasteiger partial charge >= 0.3 is 0 Å². The average molecular weight is 377 g/mol. The van der Waals surface area contributed by atoms with Crippen LogP contribution in [0.5, 0.6) is 5.75 Å². The fourth-order valence-electron chi connectivity index (χ4n) is 3.16. The lowest BCUT2D eigenvalue weighted by Crippen LogP contribution is -2.20. The first-order chi connectivity index (χ1) is 12.0. The molecule has 0 radical (unpaired) electrons. The van der Waals surface area contributed by atoms with Crippen LogP contribution in [0, 0.1) is 0 Å². The zero-order chi connectivity index (χ0) is 17.6. The van der Waals surface area contributed by atoms with E-state index in [1.54, 1.807) is 42.5 Å². The van der Waals surface area contributed by atoms with Gasteiger partial charge in [-0.3, -0.25) is 4.90 Å². The van der Waals surface area contributed by atoms with Gasteiger partial charge in [0.05, 0.1) is 10.4 Å². The number of nitrogens with zero attached hydrogens (tertiary/aromatic N) is 2. The van der Waals surface area contributed by atoms with Gasteiger partial charge in [0.25, 0.3) is 10.0 Å². The lowest BCUT2D eigenvalue weighted by molar-refractivity contribution is 0.259. The number of ether oxygens (including phenoxy) is 1. The van der Waals surface area contributed by atoms with Crippen molar-refractivity contribution in [2.75, 3.05) is 20.2 Å². The highest BCUT2D eigenvalue weighted by Gasteiger charge is 2.25. The third-order valence-electron chi connectivity index (χ3n) is 4.41. The van der Waals surface area contributed by atoms with Crippen LogP contribution in [-0.4, -0.2) is 37.5 Å². The van der Waals surface area contributed by atoms with Crippen molar-refractivity contribution in [1.29, 1.82) is 0 Å². The highest BCUT2D eigenvalue weighted by molar-refractivity contribution is 7.90. The number of benzene rings is 2. The third kappa shape index (κ3) is 2.70. The van der Waals surface area contributed by atoms with E-state index in [1.165, 1.54) is 3.97 Å². The van der Waals surface area contributed by atoms with E-state index in [0.717, 1.165) is 23.2 Å².